The van der Waals surface area contributed by atoms with Gasteiger partial charge >= 0.3 is 5.97 Å². The number of rotatable bonds is 6. The second kappa shape index (κ2) is 7.05. The summed E-state index contributed by atoms with van der Waals surface area (Å²) >= 11 is 0. The molecule has 108 valence electrons. The largest absolute Gasteiger partial charge is 0.491 e. The van der Waals surface area contributed by atoms with Gasteiger partial charge in [0.05, 0.1) is 19.1 Å². The van der Waals surface area contributed by atoms with Crippen LogP contribution >= 0.6 is 0 Å². The first-order valence-corrected chi connectivity index (χ1v) is 6.70. The molecule has 1 aromatic rings. The van der Waals surface area contributed by atoms with Crippen LogP contribution in [0, 0.1) is 0 Å². The first-order chi connectivity index (χ1) is 9.69. The molecular formula is C15H18O5. The maximum absolute atomic E-state index is 11.7. The van der Waals surface area contributed by atoms with E-state index in [1.54, 1.807) is 6.92 Å². The number of benzene rings is 1. The molecule has 1 aliphatic rings. The Morgan fingerprint density at radius 1 is 1.35 bits per heavy atom. The summed E-state index contributed by atoms with van der Waals surface area (Å²) < 4.78 is 15.9. The van der Waals surface area contributed by atoms with Crippen LogP contribution in [0.1, 0.15) is 19.8 Å². The van der Waals surface area contributed by atoms with Gasteiger partial charge in [0, 0.05) is 6.42 Å². The second-order valence-electron chi connectivity index (χ2n) is 4.55. The Morgan fingerprint density at radius 2 is 2.10 bits per heavy atom. The molecule has 0 saturated carbocycles. The Morgan fingerprint density at radius 3 is 2.80 bits per heavy atom. The van der Waals surface area contributed by atoms with E-state index in [4.69, 9.17) is 14.2 Å². The van der Waals surface area contributed by atoms with Crippen molar-refractivity contribution < 1.29 is 23.8 Å². The smallest absolute Gasteiger partial charge is 0.308 e. The zero-order chi connectivity index (χ0) is 14.4. The van der Waals surface area contributed by atoms with Crippen LogP contribution < -0.4 is 4.74 Å². The average Bonchev–Trinajstić information content (AvgIpc) is 2.78. The van der Waals surface area contributed by atoms with E-state index >= 15 is 0 Å². The van der Waals surface area contributed by atoms with Gasteiger partial charge in [-0.05, 0) is 19.1 Å². The van der Waals surface area contributed by atoms with Gasteiger partial charge in [-0.25, -0.2) is 0 Å². The Balaban J connectivity index is 1.78. The van der Waals surface area contributed by atoms with E-state index in [1.165, 1.54) is 0 Å². The minimum absolute atomic E-state index is 0.0193. The molecule has 0 aliphatic carbocycles. The number of para-hydroxylation sites is 1. The monoisotopic (exact) mass is 278 g/mol. The second-order valence-corrected chi connectivity index (χ2v) is 4.55. The molecule has 0 radical (unpaired) electrons. The van der Waals surface area contributed by atoms with Crippen molar-refractivity contribution in [2.24, 2.45) is 0 Å². The topological polar surface area (TPSA) is 61.8 Å². The third kappa shape index (κ3) is 4.06. The number of ether oxygens (including phenoxy) is 3. The molecule has 0 bridgehead atoms. The first-order valence-electron chi connectivity index (χ1n) is 6.70. The van der Waals surface area contributed by atoms with Crippen molar-refractivity contribution in [3.05, 3.63) is 30.3 Å². The summed E-state index contributed by atoms with van der Waals surface area (Å²) in [6.45, 7) is 2.33. The third-order valence-corrected chi connectivity index (χ3v) is 2.98. The highest BCUT2D eigenvalue weighted by molar-refractivity contribution is 5.89. The molecule has 1 saturated heterocycles. The summed E-state index contributed by atoms with van der Waals surface area (Å²) in [6, 6.07) is 9.33. The lowest BCUT2D eigenvalue weighted by Gasteiger charge is -2.13. The van der Waals surface area contributed by atoms with Gasteiger partial charge in [-0.1, -0.05) is 18.2 Å². The first kappa shape index (κ1) is 14.5. The Hall–Kier alpha value is -1.88. The summed E-state index contributed by atoms with van der Waals surface area (Å²) in [5.41, 5.74) is 0. The lowest BCUT2D eigenvalue weighted by molar-refractivity contribution is -0.148. The van der Waals surface area contributed by atoms with Gasteiger partial charge in [0.1, 0.15) is 18.5 Å². The molecule has 5 nitrogen and oxygen atoms in total. The van der Waals surface area contributed by atoms with E-state index in [9.17, 15) is 9.59 Å². The fraction of sp³-hybridized carbons (Fsp3) is 0.467. The van der Waals surface area contributed by atoms with Crippen molar-refractivity contribution in [3.63, 3.8) is 0 Å². The van der Waals surface area contributed by atoms with Gasteiger partial charge in [0.25, 0.3) is 0 Å². The van der Waals surface area contributed by atoms with E-state index in [2.05, 4.69) is 0 Å². The summed E-state index contributed by atoms with van der Waals surface area (Å²) in [5.74, 6) is 0.257. The highest BCUT2D eigenvalue weighted by Gasteiger charge is 2.35. The van der Waals surface area contributed by atoms with Crippen LogP contribution in [0.5, 0.6) is 5.75 Å². The van der Waals surface area contributed by atoms with Crippen LogP contribution in [0.4, 0.5) is 0 Å². The number of hydrogen-bond donors (Lipinski definition) is 0. The van der Waals surface area contributed by atoms with Gasteiger partial charge in [-0.2, -0.15) is 0 Å². The zero-order valence-corrected chi connectivity index (χ0v) is 11.4. The molecule has 1 aliphatic heterocycles. The number of carbonyl (C=O) groups excluding carboxylic acids is 2. The molecule has 5 heteroatoms. The molecule has 0 unspecified atom stereocenters. The number of carbonyl (C=O) groups is 2. The third-order valence-electron chi connectivity index (χ3n) is 2.98. The van der Waals surface area contributed by atoms with Crippen molar-refractivity contribution in [1.29, 1.82) is 0 Å². The normalized spacial score (nSPS) is 21.8. The fourth-order valence-electron chi connectivity index (χ4n) is 2.05. The van der Waals surface area contributed by atoms with Crippen molar-refractivity contribution in [2.45, 2.75) is 32.0 Å². The minimum atomic E-state index is -0.696. The number of esters is 1. The molecule has 2 atom stereocenters. The average molecular weight is 278 g/mol. The van der Waals surface area contributed by atoms with Crippen LogP contribution in [0.2, 0.25) is 0 Å². The lowest BCUT2D eigenvalue weighted by atomic mass is 10.1. The van der Waals surface area contributed by atoms with Crippen LogP contribution in [-0.2, 0) is 19.1 Å². The maximum atomic E-state index is 11.7. The molecule has 20 heavy (non-hydrogen) atoms. The van der Waals surface area contributed by atoms with Gasteiger partial charge in [0.15, 0.2) is 5.78 Å². The van der Waals surface area contributed by atoms with Gasteiger partial charge in [-0.3, -0.25) is 9.59 Å². The molecule has 2 rings (SSSR count). The van der Waals surface area contributed by atoms with Crippen molar-refractivity contribution >= 4 is 11.8 Å². The van der Waals surface area contributed by atoms with Gasteiger partial charge in [-0.15, -0.1) is 0 Å². The molecule has 1 heterocycles. The number of hydrogen-bond acceptors (Lipinski definition) is 5. The zero-order valence-electron chi connectivity index (χ0n) is 11.4. The van der Waals surface area contributed by atoms with E-state index in [1.807, 2.05) is 30.3 Å². The highest BCUT2D eigenvalue weighted by atomic mass is 16.6. The van der Waals surface area contributed by atoms with Gasteiger partial charge in [0.2, 0.25) is 0 Å². The van der Waals surface area contributed by atoms with E-state index in [-0.39, 0.29) is 24.7 Å². The van der Waals surface area contributed by atoms with E-state index in [0.29, 0.717) is 13.2 Å². The molecule has 0 spiro atoms. The van der Waals surface area contributed by atoms with Crippen LogP contribution in [0.3, 0.4) is 0 Å². The lowest BCUT2D eigenvalue weighted by Crippen LogP contribution is -2.23. The van der Waals surface area contributed by atoms with Crippen molar-refractivity contribution in [3.8, 4) is 5.75 Å². The van der Waals surface area contributed by atoms with E-state index < -0.39 is 12.1 Å². The standard InChI is InChI=1S/C15H18O5/c1-2-18-15(17)9-14-13(16)8-12(20-14)10-19-11-6-4-3-5-7-11/h3-7,12,14H,2,8-10H2,1H3/t12-,14-/m0/s1. The van der Waals surface area contributed by atoms with Gasteiger partial charge < -0.3 is 14.2 Å². The van der Waals surface area contributed by atoms with E-state index in [0.717, 1.165) is 5.75 Å². The molecule has 0 amide bonds. The predicted molar refractivity (Wildman–Crippen MR) is 71.5 cm³/mol. The highest BCUT2D eigenvalue weighted by Crippen LogP contribution is 2.20. The Labute approximate surface area is 117 Å². The SMILES string of the molecule is CCOC(=O)C[C@@H]1O[C@H](COc2ccccc2)CC1=O. The summed E-state index contributed by atoms with van der Waals surface area (Å²) in [5, 5.41) is 0. The quantitative estimate of drug-likeness (QED) is 0.742. The molecule has 1 fully saturated rings. The molecule has 0 aromatic heterocycles. The fourth-order valence-corrected chi connectivity index (χ4v) is 2.05. The minimum Gasteiger partial charge on any atom is -0.491 e. The number of Topliss-reactive ketones (excluding diaryl/α,β-unsaturated/α-hetero) is 1. The van der Waals surface area contributed by atoms with Crippen LogP contribution in [0.15, 0.2) is 30.3 Å². The Kier molecular flexibility index (Phi) is 5.12. The summed E-state index contributed by atoms with van der Waals surface area (Å²) in [6.07, 6.45) is -0.744. The van der Waals surface area contributed by atoms with Crippen LogP contribution in [0.25, 0.3) is 0 Å². The maximum Gasteiger partial charge on any atom is 0.308 e. The summed E-state index contributed by atoms with van der Waals surface area (Å²) in [4.78, 5) is 23.1. The molecule has 1 aromatic carbocycles. The van der Waals surface area contributed by atoms with Crippen LogP contribution in [-0.4, -0.2) is 37.2 Å². The van der Waals surface area contributed by atoms with Crippen molar-refractivity contribution in [2.75, 3.05) is 13.2 Å². The molecule has 0 N–H and O–H groups in total. The predicted octanol–water partition coefficient (Wildman–Crippen LogP) is 1.75. The molecular weight excluding hydrogens is 260 g/mol. The van der Waals surface area contributed by atoms with Crippen molar-refractivity contribution in [1.82, 2.24) is 0 Å². The summed E-state index contributed by atoms with van der Waals surface area (Å²) in [7, 11) is 0. The number of ketones is 1. The Bertz CT molecular complexity index is 457.